The molecule has 0 bridgehead atoms. The highest BCUT2D eigenvalue weighted by atomic mass is 79.9. The van der Waals surface area contributed by atoms with E-state index in [4.69, 9.17) is 11.6 Å². The fourth-order valence-corrected chi connectivity index (χ4v) is 2.72. The van der Waals surface area contributed by atoms with E-state index in [1.807, 2.05) is 6.07 Å². The third-order valence-corrected chi connectivity index (χ3v) is 4.14. The maximum Gasteiger partial charge on any atom is 0.262 e. The van der Waals surface area contributed by atoms with Crippen molar-refractivity contribution in [1.29, 1.82) is 0 Å². The number of hydrogen-bond donors (Lipinski definition) is 2. The largest absolute Gasteiger partial charge is 0.354 e. The van der Waals surface area contributed by atoms with Crippen LogP contribution in [0, 0.1) is 0 Å². The van der Waals surface area contributed by atoms with Crippen molar-refractivity contribution in [3.8, 4) is 0 Å². The fraction of sp³-hybridized carbons (Fsp3) is 0.462. The Balaban J connectivity index is 1.81. The van der Waals surface area contributed by atoms with Crippen LogP contribution >= 0.6 is 27.5 Å². The molecule has 20 heavy (non-hydrogen) atoms. The first kappa shape index (κ1) is 15.7. The van der Waals surface area contributed by atoms with Gasteiger partial charge in [0.25, 0.3) is 5.92 Å². The summed E-state index contributed by atoms with van der Waals surface area (Å²) in [6.07, 6.45) is 0.135. The predicted octanol–water partition coefficient (Wildman–Crippen LogP) is 2.76. The lowest BCUT2D eigenvalue weighted by Crippen LogP contribution is -2.41. The third kappa shape index (κ3) is 4.14. The zero-order valence-corrected chi connectivity index (χ0v) is 12.9. The lowest BCUT2D eigenvalue weighted by Gasteiger charge is -2.11. The molecule has 0 saturated carbocycles. The highest BCUT2D eigenvalue weighted by Crippen LogP contribution is 2.25. The minimum absolute atomic E-state index is 0.377. The molecule has 1 saturated heterocycles. The fourth-order valence-electron chi connectivity index (χ4n) is 2.08. The van der Waals surface area contributed by atoms with Crippen LogP contribution in [0.1, 0.15) is 12.0 Å². The summed E-state index contributed by atoms with van der Waals surface area (Å²) in [5.74, 6) is -3.18. The van der Waals surface area contributed by atoms with Crippen LogP contribution in [0.4, 0.5) is 8.78 Å². The molecular formula is C13H14BrClF2N2O. The summed E-state index contributed by atoms with van der Waals surface area (Å²) in [4.78, 5) is 11.7. The molecule has 1 aromatic rings. The Morgan fingerprint density at radius 2 is 2.30 bits per heavy atom. The van der Waals surface area contributed by atoms with Crippen molar-refractivity contribution in [2.45, 2.75) is 24.8 Å². The van der Waals surface area contributed by atoms with Crippen molar-refractivity contribution in [1.82, 2.24) is 10.6 Å². The average molecular weight is 368 g/mol. The summed E-state index contributed by atoms with van der Waals surface area (Å²) in [5, 5.41) is 5.80. The molecule has 0 radical (unpaired) electrons. The zero-order valence-electron chi connectivity index (χ0n) is 10.6. The predicted molar refractivity (Wildman–Crippen MR) is 77.2 cm³/mol. The van der Waals surface area contributed by atoms with Crippen molar-refractivity contribution >= 4 is 33.4 Å². The molecule has 7 heteroatoms. The lowest BCUT2D eigenvalue weighted by molar-refractivity contribution is -0.123. The maximum absolute atomic E-state index is 13.0. The van der Waals surface area contributed by atoms with Gasteiger partial charge >= 0.3 is 0 Å². The molecule has 0 aromatic heterocycles. The summed E-state index contributed by atoms with van der Waals surface area (Å²) in [6.45, 7) is -0.0630. The van der Waals surface area contributed by atoms with E-state index < -0.39 is 24.9 Å². The van der Waals surface area contributed by atoms with Gasteiger partial charge in [-0.15, -0.1) is 0 Å². The monoisotopic (exact) mass is 366 g/mol. The van der Waals surface area contributed by atoms with Crippen molar-refractivity contribution in [3.05, 3.63) is 33.3 Å². The molecule has 110 valence electrons. The van der Waals surface area contributed by atoms with E-state index in [0.717, 1.165) is 10.0 Å². The van der Waals surface area contributed by atoms with Crippen molar-refractivity contribution < 1.29 is 13.6 Å². The second-order valence-corrected chi connectivity index (χ2v) is 6.06. The van der Waals surface area contributed by atoms with E-state index in [9.17, 15) is 13.6 Å². The molecule has 1 aromatic carbocycles. The number of alkyl halides is 2. The third-order valence-electron chi connectivity index (χ3n) is 3.13. The number of rotatable bonds is 4. The molecule has 1 heterocycles. The van der Waals surface area contributed by atoms with Crippen LogP contribution in [0.3, 0.4) is 0 Å². The summed E-state index contributed by atoms with van der Waals surface area (Å²) >= 11 is 9.29. The maximum atomic E-state index is 13.0. The summed E-state index contributed by atoms with van der Waals surface area (Å²) < 4.78 is 26.9. The van der Waals surface area contributed by atoms with Gasteiger partial charge in [-0.3, -0.25) is 10.1 Å². The number of carbonyl (C=O) groups excluding carboxylic acids is 1. The highest BCUT2D eigenvalue weighted by molar-refractivity contribution is 9.10. The molecule has 3 nitrogen and oxygen atoms in total. The smallest absolute Gasteiger partial charge is 0.262 e. The van der Waals surface area contributed by atoms with Crippen LogP contribution in [-0.2, 0) is 11.2 Å². The van der Waals surface area contributed by atoms with Crippen molar-refractivity contribution in [3.63, 3.8) is 0 Å². The average Bonchev–Trinajstić information content (AvgIpc) is 2.74. The number of hydrogen-bond acceptors (Lipinski definition) is 2. The molecule has 0 aliphatic carbocycles. The van der Waals surface area contributed by atoms with Gasteiger partial charge in [0, 0.05) is 22.5 Å². The molecule has 2 N–H and O–H groups in total. The Labute approximate surface area is 129 Å². The second-order valence-electron chi connectivity index (χ2n) is 4.77. The van der Waals surface area contributed by atoms with Gasteiger partial charge in [0.15, 0.2) is 0 Å². The summed E-state index contributed by atoms with van der Waals surface area (Å²) in [7, 11) is 0. The van der Waals surface area contributed by atoms with Crippen LogP contribution in [0.2, 0.25) is 5.02 Å². The van der Waals surface area contributed by atoms with Gasteiger partial charge in [0.05, 0.1) is 12.6 Å². The Hall–Kier alpha value is -0.720. The first-order valence-corrected chi connectivity index (χ1v) is 7.37. The summed E-state index contributed by atoms with van der Waals surface area (Å²) in [6, 6.07) is 4.59. The minimum atomic E-state index is -2.79. The van der Waals surface area contributed by atoms with Crippen LogP contribution in [0.15, 0.2) is 22.7 Å². The number of nitrogens with one attached hydrogen (secondary N) is 2. The molecule has 1 fully saturated rings. The minimum Gasteiger partial charge on any atom is -0.354 e. The molecule has 1 atom stereocenters. The van der Waals surface area contributed by atoms with Gasteiger partial charge in [-0.1, -0.05) is 27.5 Å². The highest BCUT2D eigenvalue weighted by Gasteiger charge is 2.42. The van der Waals surface area contributed by atoms with Gasteiger partial charge in [0.1, 0.15) is 0 Å². The molecule has 1 unspecified atom stereocenters. The van der Waals surface area contributed by atoms with Crippen LogP contribution in [-0.4, -0.2) is 31.0 Å². The molecule has 1 amide bonds. The number of benzene rings is 1. The lowest BCUT2D eigenvalue weighted by atomic mass is 10.1. The van der Waals surface area contributed by atoms with Crippen LogP contribution < -0.4 is 10.6 Å². The van der Waals surface area contributed by atoms with Gasteiger partial charge < -0.3 is 5.32 Å². The van der Waals surface area contributed by atoms with Crippen LogP contribution in [0.25, 0.3) is 0 Å². The number of halogens is 4. The number of amides is 1. The van der Waals surface area contributed by atoms with Gasteiger partial charge in [0.2, 0.25) is 5.91 Å². The van der Waals surface area contributed by atoms with Crippen molar-refractivity contribution in [2.24, 2.45) is 0 Å². The SMILES string of the molecule is O=C(NCCc1cc(Cl)ccc1Br)C1CC(F)(F)CN1. The van der Waals surface area contributed by atoms with Gasteiger partial charge in [-0.05, 0) is 30.2 Å². The van der Waals surface area contributed by atoms with Gasteiger partial charge in [-0.25, -0.2) is 8.78 Å². The standard InChI is InChI=1S/C13H14BrClF2N2O/c14-10-2-1-9(15)5-8(10)3-4-18-12(20)11-6-13(16,17)7-19-11/h1-2,5,11,19H,3-4,6-7H2,(H,18,20). The van der Waals surface area contributed by atoms with E-state index >= 15 is 0 Å². The normalized spacial score (nSPS) is 20.9. The second kappa shape index (κ2) is 6.37. The Morgan fingerprint density at radius 3 is 2.95 bits per heavy atom. The van der Waals surface area contributed by atoms with Crippen molar-refractivity contribution in [2.75, 3.05) is 13.1 Å². The Bertz CT molecular complexity index is 513. The molecule has 2 rings (SSSR count). The molecular weight excluding hydrogens is 354 g/mol. The van der Waals surface area contributed by atoms with E-state index in [1.165, 1.54) is 0 Å². The van der Waals surface area contributed by atoms with Crippen LogP contribution in [0.5, 0.6) is 0 Å². The van der Waals surface area contributed by atoms with E-state index in [2.05, 4.69) is 26.6 Å². The first-order chi connectivity index (χ1) is 9.37. The van der Waals surface area contributed by atoms with E-state index in [-0.39, 0.29) is 5.91 Å². The Morgan fingerprint density at radius 1 is 1.55 bits per heavy atom. The summed E-state index contributed by atoms with van der Waals surface area (Å²) in [5.41, 5.74) is 0.961. The Kier molecular flexibility index (Phi) is 4.99. The topological polar surface area (TPSA) is 41.1 Å². The van der Waals surface area contributed by atoms with E-state index in [0.29, 0.717) is 18.0 Å². The first-order valence-electron chi connectivity index (χ1n) is 6.20. The molecule has 1 aliphatic rings. The van der Waals surface area contributed by atoms with E-state index in [1.54, 1.807) is 12.1 Å². The molecule has 0 spiro atoms. The molecule has 1 aliphatic heterocycles. The number of carbonyl (C=O) groups is 1. The quantitative estimate of drug-likeness (QED) is 0.859. The zero-order chi connectivity index (χ0) is 14.8. The van der Waals surface area contributed by atoms with Gasteiger partial charge in [-0.2, -0.15) is 0 Å².